The van der Waals surface area contributed by atoms with Crippen LogP contribution in [0, 0.1) is 11.8 Å². The summed E-state index contributed by atoms with van der Waals surface area (Å²) in [5.41, 5.74) is 12.2. The molecule has 0 aromatic heterocycles. The van der Waals surface area contributed by atoms with Crippen molar-refractivity contribution in [1.82, 2.24) is 16.0 Å². The van der Waals surface area contributed by atoms with Gasteiger partial charge in [0.15, 0.2) is 0 Å². The van der Waals surface area contributed by atoms with Crippen molar-refractivity contribution in [2.75, 3.05) is 0 Å². The van der Waals surface area contributed by atoms with E-state index in [2.05, 4.69) is 16.0 Å². The molecule has 11 nitrogen and oxygen atoms in total. The summed E-state index contributed by atoms with van der Waals surface area (Å²) in [6.07, 6.45) is 0.980. The van der Waals surface area contributed by atoms with Crippen LogP contribution in [0.5, 0.6) is 0 Å². The van der Waals surface area contributed by atoms with E-state index in [4.69, 9.17) is 11.5 Å². The largest absolute Gasteiger partial charge is 0.480 e. The summed E-state index contributed by atoms with van der Waals surface area (Å²) in [4.78, 5) is 62.1. The highest BCUT2D eigenvalue weighted by molar-refractivity contribution is 5.94. The highest BCUT2D eigenvalue weighted by Crippen LogP contribution is 2.12. The molecule has 0 radical (unpaired) electrons. The van der Waals surface area contributed by atoms with E-state index in [9.17, 15) is 29.1 Å². The van der Waals surface area contributed by atoms with Gasteiger partial charge >= 0.3 is 5.97 Å². The number of carbonyl (C=O) groups is 5. The lowest BCUT2D eigenvalue weighted by atomic mass is 9.96. The monoisotopic (exact) mass is 519 g/mol. The Morgan fingerprint density at radius 1 is 0.838 bits per heavy atom. The van der Waals surface area contributed by atoms with Crippen LogP contribution in [0.25, 0.3) is 0 Å². The van der Waals surface area contributed by atoms with Gasteiger partial charge < -0.3 is 32.5 Å². The Morgan fingerprint density at radius 3 is 1.89 bits per heavy atom. The smallest absolute Gasteiger partial charge is 0.326 e. The summed E-state index contributed by atoms with van der Waals surface area (Å²) in [6, 6.07) is 4.90. The third-order valence-electron chi connectivity index (χ3n) is 6.52. The molecule has 206 valence electrons. The van der Waals surface area contributed by atoms with E-state index < -0.39 is 53.8 Å². The summed E-state index contributed by atoms with van der Waals surface area (Å²) in [7, 11) is 0. The summed E-state index contributed by atoms with van der Waals surface area (Å²) in [5.74, 6) is -4.48. The molecule has 0 aliphatic carbocycles. The van der Waals surface area contributed by atoms with Crippen molar-refractivity contribution in [3.8, 4) is 0 Å². The third kappa shape index (κ3) is 10.6. The van der Waals surface area contributed by atoms with Gasteiger partial charge in [0, 0.05) is 6.42 Å². The van der Waals surface area contributed by atoms with Crippen molar-refractivity contribution in [2.45, 2.75) is 84.0 Å². The summed E-state index contributed by atoms with van der Waals surface area (Å²) < 4.78 is 0. The maximum absolute atomic E-state index is 13.3. The van der Waals surface area contributed by atoms with E-state index in [0.29, 0.717) is 12.8 Å². The number of nitrogens with two attached hydrogens (primary N) is 2. The van der Waals surface area contributed by atoms with Gasteiger partial charge in [-0.1, -0.05) is 70.9 Å². The third-order valence-corrected chi connectivity index (χ3v) is 6.52. The van der Waals surface area contributed by atoms with Gasteiger partial charge in [-0.15, -0.1) is 0 Å². The number of rotatable bonds is 16. The number of primary amides is 1. The Bertz CT molecular complexity index is 925. The number of nitrogens with one attached hydrogen (secondary N) is 3. The van der Waals surface area contributed by atoms with Gasteiger partial charge in [0.05, 0.1) is 6.04 Å². The minimum atomic E-state index is -1.23. The first-order chi connectivity index (χ1) is 17.4. The van der Waals surface area contributed by atoms with Crippen LogP contribution in [-0.2, 0) is 30.4 Å². The molecule has 6 atom stereocenters. The number of amides is 4. The van der Waals surface area contributed by atoms with Crippen LogP contribution >= 0.6 is 0 Å². The maximum Gasteiger partial charge on any atom is 0.326 e. The standard InChI is InChI=1S/C26H41N5O6/c1-5-15(3)21(30-23(33)18(27)14-17-10-8-7-9-11-17)25(35)29-19(12-13-20(28)32)24(34)31-22(26(36)37)16(4)6-2/h7-11,15-16,18-19,21-22H,5-6,12-14,27H2,1-4H3,(H2,28,32)(H,29,35)(H,30,33)(H,31,34)(H,36,37). The van der Waals surface area contributed by atoms with Crippen LogP contribution in [0.4, 0.5) is 0 Å². The molecule has 6 unspecified atom stereocenters. The number of benzene rings is 1. The Balaban J connectivity index is 3.03. The maximum atomic E-state index is 13.3. The summed E-state index contributed by atoms with van der Waals surface area (Å²) in [5, 5.41) is 17.2. The van der Waals surface area contributed by atoms with Gasteiger partial charge in [0.2, 0.25) is 23.6 Å². The van der Waals surface area contributed by atoms with Crippen molar-refractivity contribution < 1.29 is 29.1 Å². The lowest BCUT2D eigenvalue weighted by molar-refractivity contribution is -0.144. The van der Waals surface area contributed by atoms with E-state index >= 15 is 0 Å². The second kappa shape index (κ2) is 15.6. The summed E-state index contributed by atoms with van der Waals surface area (Å²) in [6.45, 7) is 7.10. The molecule has 0 bridgehead atoms. The lowest BCUT2D eigenvalue weighted by Gasteiger charge is -2.28. The highest BCUT2D eigenvalue weighted by atomic mass is 16.4. The fourth-order valence-corrected chi connectivity index (χ4v) is 3.68. The SMILES string of the molecule is CCC(C)C(NC(=O)C(CCC(N)=O)NC(=O)C(NC(=O)C(N)Cc1ccccc1)C(C)CC)C(=O)O. The van der Waals surface area contributed by atoms with E-state index in [1.54, 1.807) is 20.8 Å². The lowest BCUT2D eigenvalue weighted by Crippen LogP contribution is -2.59. The summed E-state index contributed by atoms with van der Waals surface area (Å²) >= 11 is 0. The zero-order valence-corrected chi connectivity index (χ0v) is 22.0. The Kier molecular flexibility index (Phi) is 13.3. The molecule has 0 saturated heterocycles. The Labute approximate surface area is 218 Å². The number of carboxylic acids is 1. The second-order valence-electron chi connectivity index (χ2n) is 9.44. The average molecular weight is 520 g/mol. The average Bonchev–Trinajstić information content (AvgIpc) is 2.86. The molecule has 8 N–H and O–H groups in total. The minimum absolute atomic E-state index is 0.131. The van der Waals surface area contributed by atoms with Gasteiger partial charge in [-0.05, 0) is 30.2 Å². The number of carboxylic acid groups (broad SMARTS) is 1. The zero-order chi connectivity index (χ0) is 28.1. The molecular weight excluding hydrogens is 478 g/mol. The predicted molar refractivity (Wildman–Crippen MR) is 139 cm³/mol. The first-order valence-electron chi connectivity index (χ1n) is 12.6. The fraction of sp³-hybridized carbons (Fsp3) is 0.577. The number of hydrogen-bond acceptors (Lipinski definition) is 6. The van der Waals surface area contributed by atoms with Crippen molar-refractivity contribution in [2.24, 2.45) is 23.3 Å². The molecule has 1 aromatic rings. The Morgan fingerprint density at radius 2 is 1.38 bits per heavy atom. The number of carbonyl (C=O) groups excluding carboxylic acids is 4. The van der Waals surface area contributed by atoms with E-state index in [1.165, 1.54) is 0 Å². The topological polar surface area (TPSA) is 194 Å². The molecule has 1 rings (SSSR count). The minimum Gasteiger partial charge on any atom is -0.480 e. The molecule has 0 heterocycles. The highest BCUT2D eigenvalue weighted by Gasteiger charge is 2.33. The molecule has 0 aliphatic rings. The Hall–Kier alpha value is -3.47. The van der Waals surface area contributed by atoms with Crippen molar-refractivity contribution in [1.29, 1.82) is 0 Å². The molecule has 0 aliphatic heterocycles. The molecule has 37 heavy (non-hydrogen) atoms. The van der Waals surface area contributed by atoms with Gasteiger partial charge in [0.1, 0.15) is 18.1 Å². The van der Waals surface area contributed by atoms with Crippen LogP contribution in [-0.4, -0.2) is 58.9 Å². The normalized spacial score (nSPS) is 15.8. The zero-order valence-electron chi connectivity index (χ0n) is 22.0. The van der Waals surface area contributed by atoms with Crippen LogP contribution < -0.4 is 27.4 Å². The van der Waals surface area contributed by atoms with Crippen molar-refractivity contribution >= 4 is 29.6 Å². The quantitative estimate of drug-likeness (QED) is 0.182. The second-order valence-corrected chi connectivity index (χ2v) is 9.44. The molecular formula is C26H41N5O6. The molecule has 4 amide bonds. The molecule has 0 spiro atoms. The van der Waals surface area contributed by atoms with Gasteiger partial charge in [-0.25, -0.2) is 4.79 Å². The number of hydrogen-bond donors (Lipinski definition) is 6. The van der Waals surface area contributed by atoms with E-state index in [0.717, 1.165) is 5.56 Å². The van der Waals surface area contributed by atoms with Crippen LogP contribution in [0.2, 0.25) is 0 Å². The van der Waals surface area contributed by atoms with Crippen molar-refractivity contribution in [3.63, 3.8) is 0 Å². The van der Waals surface area contributed by atoms with Crippen LogP contribution in [0.1, 0.15) is 58.9 Å². The van der Waals surface area contributed by atoms with Gasteiger partial charge in [0.25, 0.3) is 0 Å². The predicted octanol–water partition coefficient (Wildman–Crippen LogP) is 0.453. The number of aliphatic carboxylic acids is 1. The fourth-order valence-electron chi connectivity index (χ4n) is 3.68. The van der Waals surface area contributed by atoms with Gasteiger partial charge in [-0.2, -0.15) is 0 Å². The van der Waals surface area contributed by atoms with E-state index in [1.807, 2.05) is 37.3 Å². The van der Waals surface area contributed by atoms with Crippen LogP contribution in [0.3, 0.4) is 0 Å². The first-order valence-corrected chi connectivity index (χ1v) is 12.6. The molecule has 1 aromatic carbocycles. The molecule has 0 saturated carbocycles. The van der Waals surface area contributed by atoms with Crippen LogP contribution in [0.15, 0.2) is 30.3 Å². The molecule has 0 fully saturated rings. The molecule has 11 heteroatoms. The first kappa shape index (κ1) is 31.6. The van der Waals surface area contributed by atoms with Crippen molar-refractivity contribution in [3.05, 3.63) is 35.9 Å². The van der Waals surface area contributed by atoms with Gasteiger partial charge in [-0.3, -0.25) is 19.2 Å². The van der Waals surface area contributed by atoms with E-state index in [-0.39, 0.29) is 31.1 Å².